The fourth-order valence-electron chi connectivity index (χ4n) is 2.44. The van der Waals surface area contributed by atoms with Gasteiger partial charge < -0.3 is 5.32 Å². The van der Waals surface area contributed by atoms with E-state index >= 15 is 0 Å². The molecule has 104 valence electrons. The van der Waals surface area contributed by atoms with Crippen LogP contribution in [0.4, 0.5) is 0 Å². The Morgan fingerprint density at radius 2 is 1.61 bits per heavy atom. The van der Waals surface area contributed by atoms with Crippen molar-refractivity contribution in [1.29, 1.82) is 0 Å². The van der Waals surface area contributed by atoms with E-state index in [4.69, 9.17) is 0 Å². The Balaban J connectivity index is 1.43. The zero-order valence-corrected chi connectivity index (χ0v) is 11.6. The molecule has 2 N–H and O–H groups in total. The molecule has 0 atom stereocenters. The van der Waals surface area contributed by atoms with Gasteiger partial charge in [0.15, 0.2) is 0 Å². The van der Waals surface area contributed by atoms with Crippen LogP contribution in [-0.4, -0.2) is 44.4 Å². The van der Waals surface area contributed by atoms with Gasteiger partial charge in [0.2, 0.25) is 0 Å². The minimum absolute atomic E-state index is 0.209. The summed E-state index contributed by atoms with van der Waals surface area (Å²) in [5, 5.41) is 3.57. The van der Waals surface area contributed by atoms with Crippen molar-refractivity contribution in [2.75, 3.05) is 19.6 Å². The number of hydrogen-bond acceptors (Lipinski definition) is 3. The Hall–Kier alpha value is -0.170. The third-order valence-corrected chi connectivity index (χ3v) is 5.76. The van der Waals surface area contributed by atoms with Gasteiger partial charge in [-0.05, 0) is 51.0 Å². The summed E-state index contributed by atoms with van der Waals surface area (Å²) in [5.74, 6) is 0.892. The minimum Gasteiger partial charge on any atom is -0.314 e. The second-order valence-corrected chi connectivity index (χ2v) is 7.62. The van der Waals surface area contributed by atoms with Crippen molar-refractivity contribution < 1.29 is 8.42 Å². The molecule has 1 saturated heterocycles. The lowest BCUT2D eigenvalue weighted by atomic mass is 10.1. The number of nitrogens with one attached hydrogen (secondary N) is 2. The first-order chi connectivity index (χ1) is 8.63. The molecule has 0 aromatic carbocycles. The van der Waals surface area contributed by atoms with Crippen molar-refractivity contribution in [1.82, 2.24) is 14.3 Å². The Kier molecular flexibility index (Phi) is 3.62. The van der Waals surface area contributed by atoms with Crippen LogP contribution in [0.2, 0.25) is 0 Å². The van der Waals surface area contributed by atoms with Gasteiger partial charge in [-0.15, -0.1) is 0 Å². The average molecular weight is 273 g/mol. The summed E-state index contributed by atoms with van der Waals surface area (Å²) in [6.07, 6.45) is 6.62. The summed E-state index contributed by atoms with van der Waals surface area (Å²) in [7, 11) is -3.21. The lowest BCUT2D eigenvalue weighted by Crippen LogP contribution is -2.49. The molecule has 0 aromatic heterocycles. The first kappa shape index (κ1) is 12.8. The summed E-state index contributed by atoms with van der Waals surface area (Å²) >= 11 is 0. The van der Waals surface area contributed by atoms with Gasteiger partial charge >= 0.3 is 0 Å². The van der Waals surface area contributed by atoms with Gasteiger partial charge in [0.1, 0.15) is 0 Å². The van der Waals surface area contributed by atoms with Crippen molar-refractivity contribution in [3.05, 3.63) is 0 Å². The quantitative estimate of drug-likeness (QED) is 0.738. The van der Waals surface area contributed by atoms with Crippen molar-refractivity contribution in [3.8, 4) is 0 Å². The van der Waals surface area contributed by atoms with Crippen LogP contribution < -0.4 is 10.0 Å². The summed E-state index contributed by atoms with van der Waals surface area (Å²) in [6, 6.07) is 0.721. The molecule has 0 aromatic rings. The van der Waals surface area contributed by atoms with Gasteiger partial charge in [-0.25, -0.2) is 0 Å². The van der Waals surface area contributed by atoms with Crippen LogP contribution in [0.25, 0.3) is 0 Å². The van der Waals surface area contributed by atoms with Crippen LogP contribution in [0.5, 0.6) is 0 Å². The Bertz CT molecular complexity index is 382. The molecule has 1 aliphatic heterocycles. The van der Waals surface area contributed by atoms with Crippen molar-refractivity contribution >= 4 is 10.2 Å². The number of rotatable bonds is 6. The second-order valence-electron chi connectivity index (χ2n) is 5.92. The fraction of sp³-hybridized carbons (Fsp3) is 1.00. The molecule has 0 bridgehead atoms. The lowest BCUT2D eigenvalue weighted by Gasteiger charge is -2.31. The highest BCUT2D eigenvalue weighted by Gasteiger charge is 2.33. The normalized spacial score (nSPS) is 27.6. The van der Waals surface area contributed by atoms with Crippen LogP contribution in [0.3, 0.4) is 0 Å². The van der Waals surface area contributed by atoms with E-state index in [2.05, 4.69) is 10.0 Å². The highest BCUT2D eigenvalue weighted by Crippen LogP contribution is 2.28. The molecule has 0 radical (unpaired) electrons. The molecular formula is C12H23N3O2S. The van der Waals surface area contributed by atoms with Gasteiger partial charge in [0.05, 0.1) is 0 Å². The average Bonchev–Trinajstić information content (AvgIpc) is 3.21. The molecule has 3 aliphatic rings. The van der Waals surface area contributed by atoms with Gasteiger partial charge in [-0.2, -0.15) is 17.4 Å². The highest BCUT2D eigenvalue weighted by molar-refractivity contribution is 7.87. The van der Waals surface area contributed by atoms with E-state index in [1.807, 2.05) is 0 Å². The number of piperidine rings is 1. The molecule has 2 saturated carbocycles. The lowest BCUT2D eigenvalue weighted by molar-refractivity contribution is 0.285. The second kappa shape index (κ2) is 5.07. The Labute approximate surface area is 109 Å². The van der Waals surface area contributed by atoms with E-state index in [0.29, 0.717) is 19.1 Å². The highest BCUT2D eigenvalue weighted by atomic mass is 32.2. The maximum absolute atomic E-state index is 12.0. The van der Waals surface area contributed by atoms with E-state index in [0.717, 1.165) is 38.1 Å². The van der Waals surface area contributed by atoms with Crippen LogP contribution in [0.15, 0.2) is 0 Å². The molecule has 18 heavy (non-hydrogen) atoms. The van der Waals surface area contributed by atoms with Crippen molar-refractivity contribution in [2.45, 2.75) is 50.6 Å². The van der Waals surface area contributed by atoms with Crippen molar-refractivity contribution in [2.24, 2.45) is 5.92 Å². The zero-order valence-electron chi connectivity index (χ0n) is 10.8. The predicted molar refractivity (Wildman–Crippen MR) is 70.4 cm³/mol. The molecular weight excluding hydrogens is 250 g/mol. The SMILES string of the molecule is O=S(=O)(NC1CC1)N1CCC(NCC2CC2)CC1. The first-order valence-electron chi connectivity index (χ1n) is 7.14. The molecule has 0 spiro atoms. The fourth-order valence-corrected chi connectivity index (χ4v) is 3.94. The Morgan fingerprint density at radius 3 is 2.17 bits per heavy atom. The maximum atomic E-state index is 12.0. The van der Waals surface area contributed by atoms with Crippen LogP contribution >= 0.6 is 0 Å². The summed E-state index contributed by atoms with van der Waals surface area (Å²) in [5.41, 5.74) is 0. The Morgan fingerprint density at radius 1 is 0.944 bits per heavy atom. The molecule has 0 unspecified atom stereocenters. The van der Waals surface area contributed by atoms with E-state index in [1.165, 1.54) is 12.8 Å². The molecule has 3 rings (SSSR count). The van der Waals surface area contributed by atoms with Gasteiger partial charge in [0.25, 0.3) is 10.2 Å². The molecule has 6 heteroatoms. The van der Waals surface area contributed by atoms with Crippen LogP contribution in [-0.2, 0) is 10.2 Å². The summed E-state index contributed by atoms with van der Waals surface area (Å²) in [6.45, 7) is 2.44. The summed E-state index contributed by atoms with van der Waals surface area (Å²) in [4.78, 5) is 0. The van der Waals surface area contributed by atoms with Crippen LogP contribution in [0.1, 0.15) is 38.5 Å². The largest absolute Gasteiger partial charge is 0.314 e. The van der Waals surface area contributed by atoms with E-state index in [9.17, 15) is 8.42 Å². The standard InChI is InChI=1S/C12H23N3O2S/c16-18(17,14-12-3-4-12)15-7-5-11(6-8-15)13-9-10-1-2-10/h10-14H,1-9H2. The third-order valence-electron chi connectivity index (χ3n) is 4.08. The smallest absolute Gasteiger partial charge is 0.279 e. The molecule has 1 heterocycles. The van der Waals surface area contributed by atoms with Crippen molar-refractivity contribution in [3.63, 3.8) is 0 Å². The zero-order chi connectivity index (χ0) is 12.6. The van der Waals surface area contributed by atoms with Gasteiger partial charge in [0, 0.05) is 25.2 Å². The maximum Gasteiger partial charge on any atom is 0.279 e. The topological polar surface area (TPSA) is 61.4 Å². The summed E-state index contributed by atoms with van der Waals surface area (Å²) < 4.78 is 28.4. The predicted octanol–water partition coefficient (Wildman–Crippen LogP) is 0.447. The monoisotopic (exact) mass is 273 g/mol. The van der Waals surface area contributed by atoms with Crippen LogP contribution in [0, 0.1) is 5.92 Å². The third kappa shape index (κ3) is 3.44. The van der Waals surface area contributed by atoms with Gasteiger partial charge in [-0.1, -0.05) is 0 Å². The number of hydrogen-bond donors (Lipinski definition) is 2. The van der Waals surface area contributed by atoms with E-state index in [-0.39, 0.29) is 6.04 Å². The van der Waals surface area contributed by atoms with Gasteiger partial charge in [-0.3, -0.25) is 0 Å². The first-order valence-corrected chi connectivity index (χ1v) is 8.58. The molecule has 2 aliphatic carbocycles. The van der Waals surface area contributed by atoms with E-state index < -0.39 is 10.2 Å². The number of nitrogens with zero attached hydrogens (tertiary/aromatic N) is 1. The molecule has 3 fully saturated rings. The van der Waals surface area contributed by atoms with E-state index in [1.54, 1.807) is 4.31 Å². The molecule has 0 amide bonds. The minimum atomic E-state index is -3.21. The molecule has 5 nitrogen and oxygen atoms in total.